The van der Waals surface area contributed by atoms with Crippen LogP contribution >= 0.6 is 12.2 Å². The fraction of sp³-hybridized carbons (Fsp3) is 0.381. The minimum Gasteiger partial charge on any atom is -0.332 e. The fourth-order valence-electron chi connectivity index (χ4n) is 2.68. The maximum Gasteiger partial charge on any atom is 0.175 e. The van der Waals surface area contributed by atoms with Crippen LogP contribution in [0.1, 0.15) is 38.8 Å². The fourth-order valence-corrected chi connectivity index (χ4v) is 2.92. The number of anilines is 2. The van der Waals surface area contributed by atoms with E-state index >= 15 is 0 Å². The van der Waals surface area contributed by atoms with Crippen LogP contribution in [0, 0.1) is 11.8 Å². The summed E-state index contributed by atoms with van der Waals surface area (Å²) in [6.07, 6.45) is 2.21. The predicted octanol–water partition coefficient (Wildman–Crippen LogP) is 5.89. The van der Waals surface area contributed by atoms with E-state index in [9.17, 15) is 0 Å². The molecule has 2 rings (SSSR count). The van der Waals surface area contributed by atoms with Gasteiger partial charge in [0.1, 0.15) is 0 Å². The van der Waals surface area contributed by atoms with Crippen LogP contribution in [0.25, 0.3) is 0 Å². The molecule has 0 radical (unpaired) electrons. The molecule has 24 heavy (non-hydrogen) atoms. The minimum atomic E-state index is 0.614. The topological polar surface area (TPSA) is 24.1 Å². The van der Waals surface area contributed by atoms with E-state index < -0.39 is 0 Å². The Morgan fingerprint density at radius 2 is 1.04 bits per heavy atom. The quantitative estimate of drug-likeness (QED) is 0.641. The number of thiocarbonyl (C=S) groups is 1. The molecule has 2 nitrogen and oxygen atoms in total. The molecular weight excluding hydrogens is 312 g/mol. The summed E-state index contributed by atoms with van der Waals surface area (Å²) >= 11 is 5.40. The smallest absolute Gasteiger partial charge is 0.175 e. The summed E-state index contributed by atoms with van der Waals surface area (Å²) in [6, 6.07) is 17.0. The largest absolute Gasteiger partial charge is 0.332 e. The van der Waals surface area contributed by atoms with Crippen molar-refractivity contribution in [1.29, 1.82) is 0 Å². The van der Waals surface area contributed by atoms with Gasteiger partial charge in [0, 0.05) is 11.4 Å². The Labute approximate surface area is 151 Å². The van der Waals surface area contributed by atoms with E-state index in [0.29, 0.717) is 16.9 Å². The second kappa shape index (κ2) is 8.84. The van der Waals surface area contributed by atoms with E-state index in [0.717, 1.165) is 24.2 Å². The maximum absolute atomic E-state index is 5.40. The van der Waals surface area contributed by atoms with Crippen LogP contribution in [0.3, 0.4) is 0 Å². The Morgan fingerprint density at radius 3 is 1.33 bits per heavy atom. The average Bonchev–Trinajstić information content (AvgIpc) is 2.50. The lowest BCUT2D eigenvalue weighted by Crippen LogP contribution is -2.19. The van der Waals surface area contributed by atoms with Crippen LogP contribution in [0.4, 0.5) is 11.4 Å². The SMILES string of the molecule is CC(C)Cc1ccc(NC(=S)Nc2ccc(CC(C)C)cc2)cc1. The number of rotatable bonds is 6. The van der Waals surface area contributed by atoms with Crippen molar-refractivity contribution in [2.75, 3.05) is 10.6 Å². The van der Waals surface area contributed by atoms with Gasteiger partial charge in [-0.15, -0.1) is 0 Å². The van der Waals surface area contributed by atoms with Gasteiger partial charge in [-0.1, -0.05) is 52.0 Å². The highest BCUT2D eigenvalue weighted by atomic mass is 32.1. The van der Waals surface area contributed by atoms with Crippen LogP contribution in [-0.2, 0) is 12.8 Å². The Bertz CT molecular complexity index is 585. The predicted molar refractivity (Wildman–Crippen MR) is 110 cm³/mol. The molecule has 0 aromatic heterocycles. The number of hydrogen-bond acceptors (Lipinski definition) is 1. The first-order chi connectivity index (χ1) is 11.4. The van der Waals surface area contributed by atoms with Gasteiger partial charge in [-0.25, -0.2) is 0 Å². The average molecular weight is 341 g/mol. The highest BCUT2D eigenvalue weighted by molar-refractivity contribution is 7.80. The van der Waals surface area contributed by atoms with Gasteiger partial charge < -0.3 is 10.6 Å². The monoisotopic (exact) mass is 340 g/mol. The zero-order valence-corrected chi connectivity index (χ0v) is 15.9. The summed E-state index contributed by atoms with van der Waals surface area (Å²) in [5.41, 5.74) is 4.73. The Hall–Kier alpha value is -1.87. The molecule has 0 aliphatic heterocycles. The molecular formula is C21H28N2S. The van der Waals surface area contributed by atoms with E-state index in [4.69, 9.17) is 12.2 Å². The van der Waals surface area contributed by atoms with E-state index in [-0.39, 0.29) is 0 Å². The van der Waals surface area contributed by atoms with Crippen molar-refractivity contribution in [2.24, 2.45) is 11.8 Å². The molecule has 0 saturated carbocycles. The van der Waals surface area contributed by atoms with Crippen LogP contribution in [0.15, 0.2) is 48.5 Å². The molecule has 0 saturated heterocycles. The molecule has 0 aliphatic rings. The van der Waals surface area contributed by atoms with E-state index in [2.05, 4.69) is 86.9 Å². The van der Waals surface area contributed by atoms with Crippen LogP contribution in [0.5, 0.6) is 0 Å². The first-order valence-electron chi connectivity index (χ1n) is 8.68. The number of nitrogens with one attached hydrogen (secondary N) is 2. The molecule has 0 bridgehead atoms. The summed E-state index contributed by atoms with van der Waals surface area (Å²) < 4.78 is 0. The van der Waals surface area contributed by atoms with E-state index in [1.165, 1.54) is 11.1 Å². The lowest BCUT2D eigenvalue weighted by molar-refractivity contribution is 0.647. The van der Waals surface area contributed by atoms with Crippen LogP contribution in [-0.4, -0.2) is 5.11 Å². The second-order valence-electron chi connectivity index (χ2n) is 7.17. The third-order valence-corrected chi connectivity index (χ3v) is 3.92. The van der Waals surface area contributed by atoms with Gasteiger partial charge in [0.05, 0.1) is 0 Å². The van der Waals surface area contributed by atoms with Crippen LogP contribution in [0.2, 0.25) is 0 Å². The Balaban J connectivity index is 1.88. The standard InChI is InChI=1S/C21H28N2S/c1-15(2)13-17-5-9-19(10-6-17)22-21(24)23-20-11-7-18(8-12-20)14-16(3)4/h5-12,15-16H,13-14H2,1-4H3,(H2,22,23,24). The summed E-state index contributed by atoms with van der Waals surface area (Å²) in [6.45, 7) is 8.94. The summed E-state index contributed by atoms with van der Waals surface area (Å²) in [5.74, 6) is 1.34. The second-order valence-corrected chi connectivity index (χ2v) is 7.58. The van der Waals surface area contributed by atoms with Gasteiger partial charge in [-0.3, -0.25) is 0 Å². The molecule has 0 fully saturated rings. The van der Waals surface area contributed by atoms with Crippen molar-refractivity contribution in [3.8, 4) is 0 Å². The third-order valence-electron chi connectivity index (χ3n) is 3.71. The van der Waals surface area contributed by atoms with Crippen molar-refractivity contribution in [2.45, 2.75) is 40.5 Å². The molecule has 2 aromatic rings. The highest BCUT2D eigenvalue weighted by Gasteiger charge is 2.02. The van der Waals surface area contributed by atoms with Crippen molar-refractivity contribution in [3.05, 3.63) is 59.7 Å². The first kappa shape index (κ1) is 18.5. The van der Waals surface area contributed by atoms with Crippen molar-refractivity contribution in [3.63, 3.8) is 0 Å². The van der Waals surface area contributed by atoms with Gasteiger partial charge >= 0.3 is 0 Å². The number of benzene rings is 2. The minimum absolute atomic E-state index is 0.614. The Morgan fingerprint density at radius 1 is 0.708 bits per heavy atom. The molecule has 0 amide bonds. The highest BCUT2D eigenvalue weighted by Crippen LogP contribution is 2.15. The molecule has 0 atom stereocenters. The third kappa shape index (κ3) is 6.32. The van der Waals surface area contributed by atoms with Gasteiger partial charge in [0.15, 0.2) is 5.11 Å². The van der Waals surface area contributed by atoms with Gasteiger partial charge in [0.25, 0.3) is 0 Å². The molecule has 0 heterocycles. The first-order valence-corrected chi connectivity index (χ1v) is 9.09. The van der Waals surface area contributed by atoms with Crippen molar-refractivity contribution in [1.82, 2.24) is 0 Å². The maximum atomic E-state index is 5.40. The zero-order valence-electron chi connectivity index (χ0n) is 15.1. The van der Waals surface area contributed by atoms with E-state index in [1.54, 1.807) is 0 Å². The Kier molecular flexibility index (Phi) is 6.80. The van der Waals surface area contributed by atoms with Crippen molar-refractivity contribution < 1.29 is 0 Å². The molecule has 3 heteroatoms. The lowest BCUT2D eigenvalue weighted by Gasteiger charge is -2.12. The zero-order chi connectivity index (χ0) is 17.5. The van der Waals surface area contributed by atoms with Crippen LogP contribution < -0.4 is 10.6 Å². The summed E-state index contributed by atoms with van der Waals surface area (Å²) in [4.78, 5) is 0. The molecule has 128 valence electrons. The molecule has 0 unspecified atom stereocenters. The molecule has 2 aromatic carbocycles. The molecule has 0 spiro atoms. The molecule has 0 aliphatic carbocycles. The van der Waals surface area contributed by atoms with Crippen molar-refractivity contribution >= 4 is 28.7 Å². The summed E-state index contributed by atoms with van der Waals surface area (Å²) in [5, 5.41) is 7.09. The van der Waals surface area contributed by atoms with Gasteiger partial charge in [-0.2, -0.15) is 0 Å². The van der Waals surface area contributed by atoms with Gasteiger partial charge in [0.2, 0.25) is 0 Å². The summed E-state index contributed by atoms with van der Waals surface area (Å²) in [7, 11) is 0. The molecule has 2 N–H and O–H groups in total. The van der Waals surface area contributed by atoms with E-state index in [1.807, 2.05) is 0 Å². The lowest BCUT2D eigenvalue weighted by atomic mass is 10.0. The van der Waals surface area contributed by atoms with Gasteiger partial charge in [-0.05, 0) is 72.3 Å². The number of hydrogen-bond donors (Lipinski definition) is 2. The normalized spacial score (nSPS) is 10.9.